The topological polar surface area (TPSA) is 32.8 Å². The Morgan fingerprint density at radius 2 is 2.10 bits per heavy atom. The molecule has 2 aliphatic heterocycles. The number of nitrogens with zero attached hydrogens (tertiary/aromatic N) is 2. The molecule has 0 aromatic heterocycles. The van der Waals surface area contributed by atoms with Gasteiger partial charge in [0.2, 0.25) is 0 Å². The van der Waals surface area contributed by atoms with Crippen LogP contribution in [0.3, 0.4) is 0 Å². The molecule has 21 heavy (non-hydrogen) atoms. The van der Waals surface area contributed by atoms with Gasteiger partial charge in [0.25, 0.3) is 0 Å². The fourth-order valence-electron chi connectivity index (χ4n) is 4.37. The van der Waals surface area contributed by atoms with Crippen LogP contribution in [0.5, 0.6) is 0 Å². The summed E-state index contributed by atoms with van der Waals surface area (Å²) in [5, 5.41) is 0. The molecule has 3 aliphatic rings. The lowest BCUT2D eigenvalue weighted by atomic mass is 9.95. The number of hydrogen-bond donors (Lipinski definition) is 0. The molecule has 0 radical (unpaired) electrons. The van der Waals surface area contributed by atoms with Gasteiger partial charge in [0, 0.05) is 44.1 Å². The van der Waals surface area contributed by atoms with Gasteiger partial charge in [-0.3, -0.25) is 14.6 Å². The van der Waals surface area contributed by atoms with Crippen molar-refractivity contribution in [3.05, 3.63) is 0 Å². The Hall–Kier alpha value is -0.450. The number of carbonyl (C=O) groups is 1. The fraction of sp³-hybridized carbons (Fsp3) is 0.941. The highest BCUT2D eigenvalue weighted by atomic mass is 16.5. The van der Waals surface area contributed by atoms with Gasteiger partial charge in [-0.25, -0.2) is 0 Å². The SMILES string of the molecule is CC(C)N1CCOC(CN2CCCC2C2CCCC2=O)C1. The Morgan fingerprint density at radius 1 is 1.24 bits per heavy atom. The largest absolute Gasteiger partial charge is 0.374 e. The van der Waals surface area contributed by atoms with Gasteiger partial charge in [-0.05, 0) is 46.1 Å². The van der Waals surface area contributed by atoms with Crippen LogP contribution in [0.25, 0.3) is 0 Å². The molecule has 3 atom stereocenters. The maximum absolute atomic E-state index is 12.1. The minimum atomic E-state index is 0.317. The maximum atomic E-state index is 12.1. The van der Waals surface area contributed by atoms with Crippen molar-refractivity contribution in [2.45, 2.75) is 64.1 Å². The van der Waals surface area contributed by atoms with Crippen LogP contribution in [-0.2, 0) is 9.53 Å². The maximum Gasteiger partial charge on any atom is 0.137 e. The second-order valence-corrected chi connectivity index (χ2v) is 7.25. The first-order valence-electron chi connectivity index (χ1n) is 8.77. The summed E-state index contributed by atoms with van der Waals surface area (Å²) in [6.45, 7) is 9.63. The molecule has 2 heterocycles. The Labute approximate surface area is 128 Å². The van der Waals surface area contributed by atoms with Crippen molar-refractivity contribution in [2.75, 3.05) is 32.8 Å². The van der Waals surface area contributed by atoms with E-state index in [1.165, 1.54) is 12.8 Å². The summed E-state index contributed by atoms with van der Waals surface area (Å²) in [6, 6.07) is 1.10. The Kier molecular flexibility index (Phi) is 4.97. The van der Waals surface area contributed by atoms with Gasteiger partial charge >= 0.3 is 0 Å². The fourth-order valence-corrected chi connectivity index (χ4v) is 4.37. The van der Waals surface area contributed by atoms with Crippen molar-refractivity contribution >= 4 is 5.78 Å². The van der Waals surface area contributed by atoms with Crippen LogP contribution < -0.4 is 0 Å². The van der Waals surface area contributed by atoms with Crippen LogP contribution in [0.15, 0.2) is 0 Å². The molecular formula is C17H30N2O2. The smallest absolute Gasteiger partial charge is 0.137 e. The van der Waals surface area contributed by atoms with Crippen LogP contribution >= 0.6 is 0 Å². The highest BCUT2D eigenvalue weighted by Crippen LogP contribution is 2.33. The number of likely N-dealkylation sites (tertiary alicyclic amines) is 1. The molecule has 4 heteroatoms. The second-order valence-electron chi connectivity index (χ2n) is 7.25. The second kappa shape index (κ2) is 6.76. The number of ether oxygens (including phenoxy) is 1. The Morgan fingerprint density at radius 3 is 2.81 bits per heavy atom. The lowest BCUT2D eigenvalue weighted by Crippen LogP contribution is -2.51. The minimum Gasteiger partial charge on any atom is -0.374 e. The van der Waals surface area contributed by atoms with Crippen molar-refractivity contribution in [1.82, 2.24) is 9.80 Å². The van der Waals surface area contributed by atoms with Crippen LogP contribution in [0.2, 0.25) is 0 Å². The third kappa shape index (κ3) is 3.49. The van der Waals surface area contributed by atoms with E-state index in [2.05, 4.69) is 23.6 Å². The molecular weight excluding hydrogens is 264 g/mol. The van der Waals surface area contributed by atoms with E-state index >= 15 is 0 Å². The average molecular weight is 294 g/mol. The molecule has 0 N–H and O–H groups in total. The molecule has 120 valence electrons. The van der Waals surface area contributed by atoms with E-state index in [0.717, 1.165) is 52.0 Å². The normalized spacial score (nSPS) is 36.0. The molecule has 0 aromatic carbocycles. The average Bonchev–Trinajstić information content (AvgIpc) is 3.07. The standard InChI is InChI=1S/C17H30N2O2/c1-13(2)18-9-10-21-14(11-18)12-19-8-4-6-16(19)15-5-3-7-17(15)20/h13-16H,3-12H2,1-2H3. The molecule has 4 nitrogen and oxygen atoms in total. The predicted octanol–water partition coefficient (Wildman–Crippen LogP) is 1.93. The van der Waals surface area contributed by atoms with Crippen LogP contribution in [-0.4, -0.2) is 66.6 Å². The zero-order chi connectivity index (χ0) is 14.8. The van der Waals surface area contributed by atoms with Crippen LogP contribution in [0.1, 0.15) is 46.0 Å². The zero-order valence-corrected chi connectivity index (χ0v) is 13.6. The van der Waals surface area contributed by atoms with Crippen molar-refractivity contribution < 1.29 is 9.53 Å². The molecule has 2 saturated heterocycles. The van der Waals surface area contributed by atoms with Crippen LogP contribution in [0.4, 0.5) is 0 Å². The van der Waals surface area contributed by atoms with E-state index in [-0.39, 0.29) is 0 Å². The summed E-state index contributed by atoms with van der Waals surface area (Å²) in [5.74, 6) is 0.831. The summed E-state index contributed by atoms with van der Waals surface area (Å²) in [6.07, 6.45) is 5.80. The number of ketones is 1. The van der Waals surface area contributed by atoms with Gasteiger partial charge in [-0.1, -0.05) is 0 Å². The monoisotopic (exact) mass is 294 g/mol. The van der Waals surface area contributed by atoms with E-state index in [0.29, 0.717) is 29.9 Å². The number of Topliss-reactive ketones (excluding diaryl/α,β-unsaturated/α-hetero) is 1. The van der Waals surface area contributed by atoms with Crippen molar-refractivity contribution in [3.63, 3.8) is 0 Å². The van der Waals surface area contributed by atoms with Gasteiger partial charge in [0.1, 0.15) is 5.78 Å². The van der Waals surface area contributed by atoms with Gasteiger partial charge in [-0.15, -0.1) is 0 Å². The van der Waals surface area contributed by atoms with Crippen molar-refractivity contribution in [3.8, 4) is 0 Å². The summed E-state index contributed by atoms with van der Waals surface area (Å²) in [4.78, 5) is 17.1. The first-order valence-corrected chi connectivity index (χ1v) is 8.77. The summed E-state index contributed by atoms with van der Waals surface area (Å²) in [5.41, 5.74) is 0. The molecule has 3 rings (SSSR count). The van der Waals surface area contributed by atoms with Gasteiger partial charge < -0.3 is 4.74 Å². The molecule has 0 bridgehead atoms. The highest BCUT2D eigenvalue weighted by molar-refractivity contribution is 5.83. The quantitative estimate of drug-likeness (QED) is 0.793. The number of rotatable bonds is 4. The minimum absolute atomic E-state index is 0.317. The van der Waals surface area contributed by atoms with E-state index in [9.17, 15) is 4.79 Å². The molecule has 0 amide bonds. The summed E-state index contributed by atoms with van der Waals surface area (Å²) >= 11 is 0. The van der Waals surface area contributed by atoms with Gasteiger partial charge in [0.15, 0.2) is 0 Å². The van der Waals surface area contributed by atoms with Crippen LogP contribution in [0, 0.1) is 5.92 Å². The number of morpholine rings is 1. The van der Waals surface area contributed by atoms with E-state index < -0.39 is 0 Å². The summed E-state index contributed by atoms with van der Waals surface area (Å²) in [7, 11) is 0. The molecule has 0 aromatic rings. The predicted molar refractivity (Wildman–Crippen MR) is 83.4 cm³/mol. The number of carbonyl (C=O) groups excluding carboxylic acids is 1. The highest BCUT2D eigenvalue weighted by Gasteiger charge is 2.39. The van der Waals surface area contributed by atoms with E-state index in [1.54, 1.807) is 0 Å². The molecule has 1 aliphatic carbocycles. The number of hydrogen-bond acceptors (Lipinski definition) is 4. The lowest BCUT2D eigenvalue weighted by Gasteiger charge is -2.38. The molecule has 3 unspecified atom stereocenters. The van der Waals surface area contributed by atoms with Gasteiger partial charge in [-0.2, -0.15) is 0 Å². The lowest BCUT2D eigenvalue weighted by molar-refractivity contribution is -0.122. The summed E-state index contributed by atoms with van der Waals surface area (Å²) < 4.78 is 5.99. The Balaban J connectivity index is 1.57. The van der Waals surface area contributed by atoms with Gasteiger partial charge in [0.05, 0.1) is 12.7 Å². The third-order valence-electron chi connectivity index (χ3n) is 5.57. The third-order valence-corrected chi connectivity index (χ3v) is 5.57. The molecule has 3 fully saturated rings. The van der Waals surface area contributed by atoms with Crippen molar-refractivity contribution in [1.29, 1.82) is 0 Å². The van der Waals surface area contributed by atoms with Crippen molar-refractivity contribution in [2.24, 2.45) is 5.92 Å². The van der Waals surface area contributed by atoms with E-state index in [1.807, 2.05) is 0 Å². The Bertz CT molecular complexity index is 372. The molecule has 1 saturated carbocycles. The van der Waals surface area contributed by atoms with E-state index in [4.69, 9.17) is 4.74 Å². The zero-order valence-electron chi connectivity index (χ0n) is 13.6. The molecule has 0 spiro atoms. The first-order chi connectivity index (χ1) is 10.1. The first kappa shape index (κ1) is 15.4.